The van der Waals surface area contributed by atoms with E-state index in [0.29, 0.717) is 0 Å². The molecule has 0 saturated carbocycles. The number of likely N-dealkylation sites (N-methyl/N-ethyl adjacent to an activating group) is 1. The molecule has 1 atom stereocenters. The quantitative estimate of drug-likeness (QED) is 0.559. The Morgan fingerprint density at radius 3 is 2.60 bits per heavy atom. The van der Waals surface area contributed by atoms with Crippen LogP contribution in [0.3, 0.4) is 0 Å². The lowest BCUT2D eigenvalue weighted by molar-refractivity contribution is 0.170. The maximum atomic E-state index is 6.33. The first-order chi connectivity index (χ1) is 9.22. The molecule has 1 aromatic carbocycles. The van der Waals surface area contributed by atoms with Crippen LogP contribution in [0.15, 0.2) is 18.2 Å². The van der Waals surface area contributed by atoms with Gasteiger partial charge >= 0.3 is 0 Å². The van der Waals surface area contributed by atoms with Crippen LogP contribution in [0.4, 0.5) is 0 Å². The molecule has 0 fully saturated rings. The second kappa shape index (κ2) is 5.81. The average molecular weight is 406 g/mol. The number of alkyl halides is 1. The summed E-state index contributed by atoms with van der Waals surface area (Å²) in [6.07, 6.45) is 0. The highest BCUT2D eigenvalue weighted by atomic mass is 127. The molecule has 20 heavy (non-hydrogen) atoms. The van der Waals surface area contributed by atoms with E-state index in [-0.39, 0.29) is 10.9 Å². The van der Waals surface area contributed by atoms with Crippen LogP contribution in [0.25, 0.3) is 11.0 Å². The van der Waals surface area contributed by atoms with Gasteiger partial charge in [0.2, 0.25) is 0 Å². The van der Waals surface area contributed by atoms with Crippen molar-refractivity contribution in [2.45, 2.75) is 38.2 Å². The van der Waals surface area contributed by atoms with Gasteiger partial charge in [0.05, 0.1) is 16.4 Å². The number of fused-ring (bicyclic) bond motifs is 1. The van der Waals surface area contributed by atoms with Crippen LogP contribution in [-0.4, -0.2) is 34.1 Å². The fraction of sp³-hybridized carbons (Fsp3) is 0.533. The van der Waals surface area contributed by atoms with Gasteiger partial charge in [-0.3, -0.25) is 0 Å². The SMILES string of the molecule is CC(Cl)c1nc2cc(I)ccc2n1CC(C)(C)N(C)C. The van der Waals surface area contributed by atoms with E-state index < -0.39 is 0 Å². The van der Waals surface area contributed by atoms with Crippen LogP contribution in [0.2, 0.25) is 0 Å². The summed E-state index contributed by atoms with van der Waals surface area (Å²) in [6, 6.07) is 6.36. The smallest absolute Gasteiger partial charge is 0.127 e. The second-order valence-corrected chi connectivity index (χ2v) is 7.91. The third kappa shape index (κ3) is 3.12. The van der Waals surface area contributed by atoms with E-state index in [1.165, 1.54) is 3.57 Å². The number of rotatable bonds is 4. The number of benzene rings is 1. The molecule has 0 aliphatic rings. The van der Waals surface area contributed by atoms with Crippen molar-refractivity contribution in [2.24, 2.45) is 0 Å². The van der Waals surface area contributed by atoms with Gasteiger partial charge in [0, 0.05) is 15.7 Å². The summed E-state index contributed by atoms with van der Waals surface area (Å²) in [7, 11) is 4.21. The molecule has 0 spiro atoms. The summed E-state index contributed by atoms with van der Waals surface area (Å²) in [4.78, 5) is 6.95. The highest BCUT2D eigenvalue weighted by Crippen LogP contribution is 2.28. The number of nitrogens with zero attached hydrogens (tertiary/aromatic N) is 3. The number of imidazole rings is 1. The lowest BCUT2D eigenvalue weighted by atomic mass is 10.0. The summed E-state index contributed by atoms with van der Waals surface area (Å²) in [5.41, 5.74) is 2.22. The molecular weight excluding hydrogens is 385 g/mol. The van der Waals surface area contributed by atoms with Gasteiger partial charge in [-0.25, -0.2) is 4.98 Å². The van der Waals surface area contributed by atoms with Crippen LogP contribution < -0.4 is 0 Å². The minimum Gasteiger partial charge on any atom is -0.325 e. The van der Waals surface area contributed by atoms with Crippen molar-refractivity contribution in [2.75, 3.05) is 14.1 Å². The lowest BCUT2D eigenvalue weighted by Gasteiger charge is -2.33. The molecule has 0 saturated heterocycles. The molecule has 110 valence electrons. The molecule has 1 aromatic heterocycles. The molecule has 0 amide bonds. The molecule has 0 N–H and O–H groups in total. The Balaban J connectivity index is 2.57. The molecule has 3 nitrogen and oxygen atoms in total. The van der Waals surface area contributed by atoms with Crippen molar-refractivity contribution < 1.29 is 0 Å². The van der Waals surface area contributed by atoms with E-state index in [2.05, 4.69) is 78.2 Å². The first kappa shape index (κ1) is 16.0. The van der Waals surface area contributed by atoms with Crippen LogP contribution in [-0.2, 0) is 6.54 Å². The first-order valence-corrected chi connectivity index (χ1v) is 8.21. The normalized spacial score (nSPS) is 14.2. The van der Waals surface area contributed by atoms with Gasteiger partial charge in [-0.05, 0) is 75.7 Å². The summed E-state index contributed by atoms with van der Waals surface area (Å²) in [5.74, 6) is 0.943. The zero-order valence-electron chi connectivity index (χ0n) is 12.6. The van der Waals surface area contributed by atoms with Gasteiger partial charge in [0.25, 0.3) is 0 Å². The van der Waals surface area contributed by atoms with Gasteiger partial charge in [-0.15, -0.1) is 11.6 Å². The second-order valence-electron chi connectivity index (χ2n) is 6.01. The molecule has 5 heteroatoms. The predicted octanol–water partition coefficient (Wildman–Crippen LogP) is 4.28. The summed E-state index contributed by atoms with van der Waals surface area (Å²) in [5, 5.41) is -0.0991. The molecule has 0 bridgehead atoms. The van der Waals surface area contributed by atoms with Crippen LogP contribution >= 0.6 is 34.2 Å². The van der Waals surface area contributed by atoms with Crippen molar-refractivity contribution in [3.8, 4) is 0 Å². The molecule has 1 heterocycles. The number of aromatic nitrogens is 2. The Bertz CT molecular complexity index is 617. The Labute approximate surface area is 139 Å². The summed E-state index contributed by atoms with van der Waals surface area (Å²) in [6.45, 7) is 7.30. The molecule has 0 radical (unpaired) electrons. The maximum Gasteiger partial charge on any atom is 0.127 e. The Hall–Kier alpha value is -0.330. The van der Waals surface area contributed by atoms with Crippen molar-refractivity contribution >= 4 is 45.2 Å². The average Bonchev–Trinajstić information content (AvgIpc) is 2.66. The molecule has 1 unspecified atom stereocenters. The summed E-state index contributed by atoms with van der Waals surface area (Å²) < 4.78 is 3.45. The fourth-order valence-electron chi connectivity index (χ4n) is 2.12. The van der Waals surface area contributed by atoms with E-state index in [9.17, 15) is 0 Å². The molecule has 2 aromatic rings. The number of hydrogen-bond acceptors (Lipinski definition) is 2. The monoisotopic (exact) mass is 405 g/mol. The fourth-order valence-corrected chi connectivity index (χ4v) is 2.76. The van der Waals surface area contributed by atoms with E-state index >= 15 is 0 Å². The first-order valence-electron chi connectivity index (χ1n) is 6.69. The predicted molar refractivity (Wildman–Crippen MR) is 94.5 cm³/mol. The van der Waals surface area contributed by atoms with Crippen LogP contribution in [0.5, 0.6) is 0 Å². The molecule has 0 aliphatic heterocycles. The molecule has 2 rings (SSSR count). The van der Waals surface area contributed by atoms with Gasteiger partial charge < -0.3 is 9.47 Å². The van der Waals surface area contributed by atoms with Crippen molar-refractivity contribution in [3.63, 3.8) is 0 Å². The van der Waals surface area contributed by atoms with Crippen molar-refractivity contribution in [3.05, 3.63) is 27.6 Å². The zero-order chi connectivity index (χ0) is 15.1. The minimum absolute atomic E-state index is 0.0388. The van der Waals surface area contributed by atoms with Gasteiger partial charge in [0.1, 0.15) is 5.82 Å². The Morgan fingerprint density at radius 1 is 1.40 bits per heavy atom. The van der Waals surface area contributed by atoms with Crippen LogP contribution in [0.1, 0.15) is 32.0 Å². The van der Waals surface area contributed by atoms with E-state index in [1.807, 2.05) is 6.92 Å². The number of halogens is 2. The Morgan fingerprint density at radius 2 is 2.05 bits per heavy atom. The summed E-state index contributed by atoms with van der Waals surface area (Å²) >= 11 is 8.64. The third-order valence-corrected chi connectivity index (χ3v) is 4.72. The van der Waals surface area contributed by atoms with Gasteiger partial charge in [0.15, 0.2) is 0 Å². The van der Waals surface area contributed by atoms with E-state index in [4.69, 9.17) is 16.6 Å². The standard InChI is InChI=1S/C15H21ClIN3/c1-10(16)14-18-12-8-11(17)6-7-13(12)20(14)9-15(2,3)19(4)5/h6-8,10H,9H2,1-5H3. The zero-order valence-corrected chi connectivity index (χ0v) is 15.5. The largest absolute Gasteiger partial charge is 0.325 e. The minimum atomic E-state index is -0.0991. The van der Waals surface area contributed by atoms with Gasteiger partial charge in [-0.1, -0.05) is 0 Å². The Kier molecular flexibility index (Phi) is 4.66. The van der Waals surface area contributed by atoms with E-state index in [1.54, 1.807) is 0 Å². The highest BCUT2D eigenvalue weighted by molar-refractivity contribution is 14.1. The van der Waals surface area contributed by atoms with Crippen molar-refractivity contribution in [1.82, 2.24) is 14.5 Å². The van der Waals surface area contributed by atoms with Crippen LogP contribution in [0, 0.1) is 3.57 Å². The maximum absolute atomic E-state index is 6.33. The lowest BCUT2D eigenvalue weighted by Crippen LogP contribution is -2.42. The van der Waals surface area contributed by atoms with Gasteiger partial charge in [-0.2, -0.15) is 0 Å². The molecule has 0 aliphatic carbocycles. The highest BCUT2D eigenvalue weighted by Gasteiger charge is 2.25. The topological polar surface area (TPSA) is 21.1 Å². The number of hydrogen-bond donors (Lipinski definition) is 0. The third-order valence-electron chi connectivity index (χ3n) is 3.85. The molecular formula is C15H21ClIN3. The van der Waals surface area contributed by atoms with Crippen molar-refractivity contribution in [1.29, 1.82) is 0 Å². The van der Waals surface area contributed by atoms with E-state index in [0.717, 1.165) is 23.4 Å².